The van der Waals surface area contributed by atoms with E-state index in [1.807, 2.05) is 6.92 Å². The van der Waals surface area contributed by atoms with Crippen LogP contribution in [0.15, 0.2) is 4.42 Å². The molecule has 0 aliphatic carbocycles. The minimum atomic E-state index is 0.507. The number of aromatic nitrogens is 1. The molecule has 3 heteroatoms. The highest BCUT2D eigenvalue weighted by Gasteiger charge is 2.03. The summed E-state index contributed by atoms with van der Waals surface area (Å²) >= 11 is 0. The van der Waals surface area contributed by atoms with Crippen LogP contribution in [0.4, 0.5) is 0 Å². The largest absolute Gasteiger partial charge is 0.467 e. The van der Waals surface area contributed by atoms with Gasteiger partial charge in [0.05, 0.1) is 7.11 Å². The zero-order valence-corrected chi connectivity index (χ0v) is 5.76. The average Bonchev–Trinajstić information content (AvgIpc) is 2.10. The second kappa shape index (κ2) is 2.09. The molecule has 3 nitrogen and oxygen atoms in total. The molecule has 0 aliphatic heterocycles. The molecule has 0 saturated carbocycles. The first-order valence-electron chi connectivity index (χ1n) is 2.72. The molecular formula is C6H9NO2. The Hall–Kier alpha value is -0.990. The van der Waals surface area contributed by atoms with Gasteiger partial charge in [-0.25, -0.2) is 4.98 Å². The number of hydrogen-bond donors (Lipinski definition) is 0. The molecule has 0 amide bonds. The lowest BCUT2D eigenvalue weighted by Crippen LogP contribution is -1.80. The first kappa shape index (κ1) is 6.13. The Morgan fingerprint density at radius 3 is 2.33 bits per heavy atom. The summed E-state index contributed by atoms with van der Waals surface area (Å²) in [6.07, 6.45) is 0. The summed E-state index contributed by atoms with van der Waals surface area (Å²) in [6, 6.07) is 0. The highest BCUT2D eigenvalue weighted by atomic mass is 16.6. The standard InChI is InChI=1S/C6H9NO2/c1-4-6(8-3)9-5(2)7-4/h1-3H3. The number of ether oxygens (including phenoxy) is 1. The Kier molecular flexibility index (Phi) is 1.42. The van der Waals surface area contributed by atoms with Gasteiger partial charge in [0.25, 0.3) is 0 Å². The van der Waals surface area contributed by atoms with Crippen molar-refractivity contribution in [2.45, 2.75) is 13.8 Å². The second-order valence-electron chi connectivity index (χ2n) is 1.81. The van der Waals surface area contributed by atoms with Gasteiger partial charge >= 0.3 is 5.95 Å². The van der Waals surface area contributed by atoms with Crippen LogP contribution in [0.25, 0.3) is 0 Å². The predicted molar refractivity (Wildman–Crippen MR) is 32.5 cm³/mol. The highest BCUT2D eigenvalue weighted by molar-refractivity contribution is 5.12. The third-order valence-corrected chi connectivity index (χ3v) is 1.05. The van der Waals surface area contributed by atoms with Crippen LogP contribution in [0.1, 0.15) is 11.6 Å². The van der Waals surface area contributed by atoms with Crippen LogP contribution < -0.4 is 4.74 Å². The van der Waals surface area contributed by atoms with E-state index in [0.29, 0.717) is 11.8 Å². The molecular weight excluding hydrogens is 118 g/mol. The van der Waals surface area contributed by atoms with Crippen molar-refractivity contribution in [1.82, 2.24) is 4.98 Å². The number of methoxy groups -OCH3 is 1. The van der Waals surface area contributed by atoms with Crippen LogP contribution >= 0.6 is 0 Å². The first-order valence-corrected chi connectivity index (χ1v) is 2.72. The van der Waals surface area contributed by atoms with Gasteiger partial charge in [0, 0.05) is 6.92 Å². The van der Waals surface area contributed by atoms with Crippen molar-refractivity contribution in [3.8, 4) is 5.95 Å². The summed E-state index contributed by atoms with van der Waals surface area (Å²) in [7, 11) is 1.56. The Balaban J connectivity index is 3.01. The fourth-order valence-corrected chi connectivity index (χ4v) is 0.702. The van der Waals surface area contributed by atoms with Gasteiger partial charge in [-0.3, -0.25) is 0 Å². The van der Waals surface area contributed by atoms with Crippen molar-refractivity contribution in [3.63, 3.8) is 0 Å². The normalized spacial score (nSPS) is 9.67. The first-order chi connectivity index (χ1) is 4.24. The van der Waals surface area contributed by atoms with E-state index >= 15 is 0 Å². The van der Waals surface area contributed by atoms with Crippen LogP contribution in [-0.4, -0.2) is 12.1 Å². The Morgan fingerprint density at radius 2 is 2.11 bits per heavy atom. The minimum absolute atomic E-state index is 0.507. The Labute approximate surface area is 53.7 Å². The van der Waals surface area contributed by atoms with E-state index < -0.39 is 0 Å². The summed E-state index contributed by atoms with van der Waals surface area (Å²) in [5, 5.41) is 0. The van der Waals surface area contributed by atoms with Gasteiger partial charge in [0.15, 0.2) is 5.89 Å². The van der Waals surface area contributed by atoms with Crippen LogP contribution in [-0.2, 0) is 0 Å². The SMILES string of the molecule is COc1oc(C)nc1C. The van der Waals surface area contributed by atoms with E-state index in [1.54, 1.807) is 14.0 Å². The molecule has 0 radical (unpaired) electrons. The quantitative estimate of drug-likeness (QED) is 0.570. The molecule has 1 aromatic heterocycles. The zero-order chi connectivity index (χ0) is 6.85. The van der Waals surface area contributed by atoms with Gasteiger partial charge in [0.2, 0.25) is 0 Å². The molecule has 0 spiro atoms. The van der Waals surface area contributed by atoms with Gasteiger partial charge in [0.1, 0.15) is 5.69 Å². The van der Waals surface area contributed by atoms with E-state index in [1.165, 1.54) is 0 Å². The summed E-state index contributed by atoms with van der Waals surface area (Å²) in [5.41, 5.74) is 0.801. The summed E-state index contributed by atoms with van der Waals surface area (Å²) in [6.45, 7) is 3.63. The molecule has 0 aliphatic rings. The smallest absolute Gasteiger partial charge is 0.307 e. The number of rotatable bonds is 1. The zero-order valence-electron chi connectivity index (χ0n) is 5.76. The van der Waals surface area contributed by atoms with E-state index in [-0.39, 0.29) is 0 Å². The molecule has 1 rings (SSSR count). The van der Waals surface area contributed by atoms with Gasteiger partial charge in [-0.05, 0) is 6.92 Å². The number of hydrogen-bond acceptors (Lipinski definition) is 3. The van der Waals surface area contributed by atoms with Crippen molar-refractivity contribution in [2.24, 2.45) is 0 Å². The minimum Gasteiger partial charge on any atom is -0.467 e. The molecule has 0 unspecified atom stereocenters. The number of aryl methyl sites for hydroxylation is 2. The van der Waals surface area contributed by atoms with E-state index in [4.69, 9.17) is 9.15 Å². The monoisotopic (exact) mass is 127 g/mol. The molecule has 1 heterocycles. The van der Waals surface area contributed by atoms with Gasteiger partial charge < -0.3 is 9.15 Å². The van der Waals surface area contributed by atoms with E-state index in [2.05, 4.69) is 4.98 Å². The molecule has 0 saturated heterocycles. The molecule has 0 atom stereocenters. The maximum Gasteiger partial charge on any atom is 0.307 e. The third kappa shape index (κ3) is 1.04. The highest BCUT2D eigenvalue weighted by Crippen LogP contribution is 2.16. The molecule has 0 N–H and O–H groups in total. The van der Waals surface area contributed by atoms with Crippen molar-refractivity contribution < 1.29 is 9.15 Å². The lowest BCUT2D eigenvalue weighted by atomic mass is 10.5. The molecule has 0 fully saturated rings. The number of oxazole rings is 1. The van der Waals surface area contributed by atoms with Crippen LogP contribution in [0, 0.1) is 13.8 Å². The maximum absolute atomic E-state index is 5.03. The molecule has 9 heavy (non-hydrogen) atoms. The molecule has 0 aromatic carbocycles. The lowest BCUT2D eigenvalue weighted by molar-refractivity contribution is 0.295. The lowest BCUT2D eigenvalue weighted by Gasteiger charge is -1.89. The third-order valence-electron chi connectivity index (χ3n) is 1.05. The van der Waals surface area contributed by atoms with Crippen molar-refractivity contribution in [2.75, 3.05) is 7.11 Å². The molecule has 0 bridgehead atoms. The van der Waals surface area contributed by atoms with Crippen molar-refractivity contribution in [3.05, 3.63) is 11.6 Å². The van der Waals surface area contributed by atoms with Gasteiger partial charge in [-0.2, -0.15) is 0 Å². The summed E-state index contributed by atoms with van der Waals surface area (Å²) < 4.78 is 9.87. The molecule has 1 aromatic rings. The van der Waals surface area contributed by atoms with Crippen LogP contribution in [0.2, 0.25) is 0 Å². The van der Waals surface area contributed by atoms with Crippen LogP contribution in [0.5, 0.6) is 5.95 Å². The number of nitrogens with zero attached hydrogens (tertiary/aromatic N) is 1. The second-order valence-corrected chi connectivity index (χ2v) is 1.81. The molecule has 50 valence electrons. The fourth-order valence-electron chi connectivity index (χ4n) is 0.702. The van der Waals surface area contributed by atoms with Crippen LogP contribution in [0.3, 0.4) is 0 Å². The van der Waals surface area contributed by atoms with E-state index in [0.717, 1.165) is 5.69 Å². The van der Waals surface area contributed by atoms with Gasteiger partial charge in [-0.15, -0.1) is 0 Å². The Morgan fingerprint density at radius 1 is 1.44 bits per heavy atom. The Bertz CT molecular complexity index is 205. The van der Waals surface area contributed by atoms with Gasteiger partial charge in [-0.1, -0.05) is 0 Å². The maximum atomic E-state index is 5.03. The van der Waals surface area contributed by atoms with E-state index in [9.17, 15) is 0 Å². The topological polar surface area (TPSA) is 35.3 Å². The predicted octanol–water partition coefficient (Wildman–Crippen LogP) is 1.30. The average molecular weight is 127 g/mol. The van der Waals surface area contributed by atoms with Crippen molar-refractivity contribution >= 4 is 0 Å². The van der Waals surface area contributed by atoms with Crippen molar-refractivity contribution in [1.29, 1.82) is 0 Å². The summed E-state index contributed by atoms with van der Waals surface area (Å²) in [5.74, 6) is 1.15. The summed E-state index contributed by atoms with van der Waals surface area (Å²) in [4.78, 5) is 3.99. The fraction of sp³-hybridized carbons (Fsp3) is 0.500.